The molecular weight excluding hydrogens is 290 g/mol. The Bertz CT molecular complexity index is 485. The van der Waals surface area contributed by atoms with Gasteiger partial charge in [0.05, 0.1) is 11.9 Å². The number of carbonyl (C=O) groups excluding carboxylic acids is 1. The number of carbonyl (C=O) groups is 1. The van der Waals surface area contributed by atoms with Crippen molar-refractivity contribution >= 4 is 23.4 Å². The zero-order chi connectivity index (χ0) is 15.5. The van der Waals surface area contributed by atoms with Crippen molar-refractivity contribution < 1.29 is 9.53 Å². The molecule has 1 saturated heterocycles. The highest BCUT2D eigenvalue weighted by molar-refractivity contribution is 6.29. The van der Waals surface area contributed by atoms with E-state index < -0.39 is 5.60 Å². The van der Waals surface area contributed by atoms with Gasteiger partial charge in [0.15, 0.2) is 0 Å². The van der Waals surface area contributed by atoms with Gasteiger partial charge in [-0.1, -0.05) is 11.6 Å². The van der Waals surface area contributed by atoms with Crippen LogP contribution >= 0.6 is 11.6 Å². The van der Waals surface area contributed by atoms with Crippen LogP contribution in [-0.4, -0.2) is 47.8 Å². The summed E-state index contributed by atoms with van der Waals surface area (Å²) in [6.45, 7) is 8.67. The molecule has 21 heavy (non-hydrogen) atoms. The highest BCUT2D eigenvalue weighted by Crippen LogP contribution is 2.18. The maximum absolute atomic E-state index is 12.1. The van der Waals surface area contributed by atoms with E-state index in [1.165, 1.54) is 0 Å². The number of hydrogen-bond donors (Lipinski definition) is 0. The van der Waals surface area contributed by atoms with Crippen LogP contribution in [0.3, 0.4) is 0 Å². The quantitative estimate of drug-likeness (QED) is 0.747. The van der Waals surface area contributed by atoms with Crippen LogP contribution < -0.4 is 4.90 Å². The van der Waals surface area contributed by atoms with Gasteiger partial charge in [-0.05, 0) is 39.3 Å². The summed E-state index contributed by atoms with van der Waals surface area (Å²) >= 11 is 5.81. The van der Waals surface area contributed by atoms with Gasteiger partial charge in [0, 0.05) is 26.2 Å². The second-order valence-electron chi connectivity index (χ2n) is 6.15. The molecule has 2 heterocycles. The summed E-state index contributed by atoms with van der Waals surface area (Å²) in [6, 6.07) is 3.74. The first-order valence-corrected chi connectivity index (χ1v) is 7.57. The van der Waals surface area contributed by atoms with Crippen molar-refractivity contribution in [2.45, 2.75) is 32.8 Å². The molecule has 0 atom stereocenters. The van der Waals surface area contributed by atoms with E-state index >= 15 is 0 Å². The maximum Gasteiger partial charge on any atom is 0.410 e. The van der Waals surface area contributed by atoms with Crippen LogP contribution in [0.15, 0.2) is 18.3 Å². The van der Waals surface area contributed by atoms with Crippen molar-refractivity contribution in [2.24, 2.45) is 0 Å². The van der Waals surface area contributed by atoms with Gasteiger partial charge in [-0.2, -0.15) is 0 Å². The number of halogens is 1. The van der Waals surface area contributed by atoms with Gasteiger partial charge >= 0.3 is 6.09 Å². The topological polar surface area (TPSA) is 45.7 Å². The van der Waals surface area contributed by atoms with E-state index in [2.05, 4.69) is 9.88 Å². The van der Waals surface area contributed by atoms with Gasteiger partial charge in [0.1, 0.15) is 10.8 Å². The van der Waals surface area contributed by atoms with E-state index in [4.69, 9.17) is 16.3 Å². The molecular formula is C15H22ClN3O2. The minimum absolute atomic E-state index is 0.237. The van der Waals surface area contributed by atoms with Crippen LogP contribution in [0.25, 0.3) is 0 Å². The van der Waals surface area contributed by atoms with Gasteiger partial charge in [-0.3, -0.25) is 0 Å². The van der Waals surface area contributed by atoms with Gasteiger partial charge in [-0.25, -0.2) is 9.78 Å². The number of aromatic nitrogens is 1. The first-order chi connectivity index (χ1) is 9.85. The number of rotatable bonds is 1. The fraction of sp³-hybridized carbons (Fsp3) is 0.600. The molecule has 116 valence electrons. The number of anilines is 1. The average Bonchev–Trinajstić information content (AvgIpc) is 2.63. The molecule has 0 unspecified atom stereocenters. The number of amides is 1. The Morgan fingerprint density at radius 1 is 1.24 bits per heavy atom. The normalized spacial score (nSPS) is 16.6. The van der Waals surface area contributed by atoms with Crippen molar-refractivity contribution in [2.75, 3.05) is 31.1 Å². The second-order valence-corrected chi connectivity index (χ2v) is 6.53. The number of nitrogens with zero attached hydrogens (tertiary/aromatic N) is 3. The summed E-state index contributed by atoms with van der Waals surface area (Å²) < 4.78 is 5.43. The van der Waals surface area contributed by atoms with Crippen LogP contribution in [0.1, 0.15) is 27.2 Å². The first-order valence-electron chi connectivity index (χ1n) is 7.19. The third-order valence-electron chi connectivity index (χ3n) is 3.22. The Morgan fingerprint density at radius 2 is 2.00 bits per heavy atom. The summed E-state index contributed by atoms with van der Waals surface area (Å²) in [5.74, 6) is 0. The monoisotopic (exact) mass is 311 g/mol. The molecule has 1 amide bonds. The zero-order valence-corrected chi connectivity index (χ0v) is 13.6. The molecule has 6 heteroatoms. The van der Waals surface area contributed by atoms with Crippen LogP contribution in [0, 0.1) is 0 Å². The minimum atomic E-state index is -0.455. The Labute approximate surface area is 130 Å². The van der Waals surface area contributed by atoms with E-state index in [0.717, 1.165) is 25.2 Å². The fourth-order valence-electron chi connectivity index (χ4n) is 2.24. The molecule has 1 aromatic heterocycles. The van der Waals surface area contributed by atoms with Crippen molar-refractivity contribution in [3.8, 4) is 0 Å². The second kappa shape index (κ2) is 6.52. The molecule has 2 rings (SSSR count). The summed E-state index contributed by atoms with van der Waals surface area (Å²) in [6.07, 6.45) is 2.44. The van der Waals surface area contributed by atoms with Crippen LogP contribution in [0.5, 0.6) is 0 Å². The lowest BCUT2D eigenvalue weighted by molar-refractivity contribution is 0.0263. The highest BCUT2D eigenvalue weighted by atomic mass is 35.5. The van der Waals surface area contributed by atoms with Crippen molar-refractivity contribution in [3.05, 3.63) is 23.5 Å². The van der Waals surface area contributed by atoms with Gasteiger partial charge in [-0.15, -0.1) is 0 Å². The van der Waals surface area contributed by atoms with E-state index in [-0.39, 0.29) is 6.09 Å². The number of hydrogen-bond acceptors (Lipinski definition) is 4. The molecule has 0 N–H and O–H groups in total. The number of ether oxygens (including phenoxy) is 1. The van der Waals surface area contributed by atoms with E-state index in [0.29, 0.717) is 18.2 Å². The third-order valence-corrected chi connectivity index (χ3v) is 3.45. The average molecular weight is 312 g/mol. The largest absolute Gasteiger partial charge is 0.444 e. The van der Waals surface area contributed by atoms with E-state index in [1.807, 2.05) is 26.8 Å². The number of pyridine rings is 1. The minimum Gasteiger partial charge on any atom is -0.444 e. The summed E-state index contributed by atoms with van der Waals surface area (Å²) in [4.78, 5) is 20.2. The Hall–Kier alpha value is -1.49. The van der Waals surface area contributed by atoms with Crippen molar-refractivity contribution in [3.63, 3.8) is 0 Å². The predicted molar refractivity (Wildman–Crippen MR) is 83.9 cm³/mol. The molecule has 0 aromatic carbocycles. The van der Waals surface area contributed by atoms with Gasteiger partial charge in [0.25, 0.3) is 0 Å². The predicted octanol–water partition coefficient (Wildman–Crippen LogP) is 3.18. The Balaban J connectivity index is 1.95. The smallest absolute Gasteiger partial charge is 0.410 e. The maximum atomic E-state index is 12.1. The summed E-state index contributed by atoms with van der Waals surface area (Å²) in [5, 5.41) is 0.490. The van der Waals surface area contributed by atoms with Crippen molar-refractivity contribution in [1.29, 1.82) is 0 Å². The van der Waals surface area contributed by atoms with Crippen LogP contribution in [0.4, 0.5) is 10.5 Å². The fourth-order valence-corrected chi connectivity index (χ4v) is 2.35. The van der Waals surface area contributed by atoms with Crippen LogP contribution in [0.2, 0.25) is 5.15 Å². The molecule has 5 nitrogen and oxygen atoms in total. The highest BCUT2D eigenvalue weighted by Gasteiger charge is 2.24. The Kier molecular flexibility index (Phi) is 4.93. The van der Waals surface area contributed by atoms with Crippen molar-refractivity contribution in [1.82, 2.24) is 9.88 Å². The Morgan fingerprint density at radius 3 is 2.62 bits per heavy atom. The zero-order valence-electron chi connectivity index (χ0n) is 12.8. The molecule has 0 bridgehead atoms. The molecule has 0 radical (unpaired) electrons. The van der Waals surface area contributed by atoms with E-state index in [1.54, 1.807) is 17.2 Å². The standard InChI is InChI=1S/C15H22ClN3O2/c1-15(2,3)21-14(20)19-8-4-7-18(9-10-19)12-5-6-13(16)17-11-12/h5-6,11H,4,7-10H2,1-3H3. The molecule has 1 aliphatic heterocycles. The van der Waals surface area contributed by atoms with Gasteiger partial charge < -0.3 is 14.5 Å². The molecule has 1 aromatic rings. The van der Waals surface area contributed by atoms with Crippen LogP contribution in [-0.2, 0) is 4.74 Å². The molecule has 0 saturated carbocycles. The lowest BCUT2D eigenvalue weighted by Gasteiger charge is -2.26. The molecule has 0 spiro atoms. The first kappa shape index (κ1) is 15.9. The molecule has 1 aliphatic rings. The third kappa shape index (κ3) is 4.77. The summed E-state index contributed by atoms with van der Waals surface area (Å²) in [5.41, 5.74) is 0.578. The molecule has 1 fully saturated rings. The lowest BCUT2D eigenvalue weighted by atomic mass is 10.2. The van der Waals surface area contributed by atoms with E-state index in [9.17, 15) is 4.79 Å². The summed E-state index contributed by atoms with van der Waals surface area (Å²) in [7, 11) is 0. The van der Waals surface area contributed by atoms with Gasteiger partial charge in [0.2, 0.25) is 0 Å². The lowest BCUT2D eigenvalue weighted by Crippen LogP contribution is -2.39. The SMILES string of the molecule is CC(C)(C)OC(=O)N1CCCN(c2ccc(Cl)nc2)CC1. The molecule has 0 aliphatic carbocycles.